The molecule has 3 rings (SSSR count). The molecule has 2 aromatic rings. The van der Waals surface area contributed by atoms with Gasteiger partial charge in [-0.25, -0.2) is 4.79 Å². The zero-order valence-electron chi connectivity index (χ0n) is 13.6. The summed E-state index contributed by atoms with van der Waals surface area (Å²) >= 11 is 1.74. The molecule has 1 aliphatic rings. The summed E-state index contributed by atoms with van der Waals surface area (Å²) < 4.78 is 1.78. The molecule has 0 aliphatic carbocycles. The molecular weight excluding hydrogens is 310 g/mol. The van der Waals surface area contributed by atoms with Crippen LogP contribution in [0.25, 0.3) is 0 Å². The average Bonchev–Trinajstić information content (AvgIpc) is 3.24. The van der Waals surface area contributed by atoms with E-state index >= 15 is 0 Å². The van der Waals surface area contributed by atoms with Gasteiger partial charge in [0.2, 0.25) is 0 Å². The second-order valence-corrected chi connectivity index (χ2v) is 6.64. The number of carbonyl (C=O) groups is 1. The number of aromatic nitrogens is 2. The van der Waals surface area contributed by atoms with Crippen molar-refractivity contribution in [2.75, 3.05) is 26.2 Å². The predicted molar refractivity (Wildman–Crippen MR) is 91.3 cm³/mol. The van der Waals surface area contributed by atoms with Crippen molar-refractivity contribution < 1.29 is 4.79 Å². The van der Waals surface area contributed by atoms with Crippen LogP contribution < -0.4 is 5.32 Å². The van der Waals surface area contributed by atoms with Crippen molar-refractivity contribution in [3.8, 4) is 0 Å². The minimum atomic E-state index is 0.00837. The minimum absolute atomic E-state index is 0.00837. The highest BCUT2D eigenvalue weighted by Crippen LogP contribution is 2.23. The Labute approximate surface area is 140 Å². The molecule has 2 aromatic heterocycles. The first-order valence-corrected chi connectivity index (χ1v) is 8.85. The monoisotopic (exact) mass is 333 g/mol. The van der Waals surface area contributed by atoms with E-state index in [4.69, 9.17) is 0 Å². The molecule has 0 saturated carbocycles. The summed E-state index contributed by atoms with van der Waals surface area (Å²) in [4.78, 5) is 16.6. The average molecular weight is 333 g/mol. The molecule has 1 N–H and O–H groups in total. The lowest BCUT2D eigenvalue weighted by atomic mass is 10.1. The van der Waals surface area contributed by atoms with Gasteiger partial charge in [-0.2, -0.15) is 16.4 Å². The smallest absolute Gasteiger partial charge is 0.317 e. The van der Waals surface area contributed by atoms with Crippen LogP contribution in [0, 0.1) is 0 Å². The van der Waals surface area contributed by atoms with E-state index in [1.165, 1.54) is 5.56 Å². The Morgan fingerprint density at radius 1 is 1.35 bits per heavy atom. The molecule has 0 bridgehead atoms. The highest BCUT2D eigenvalue weighted by atomic mass is 32.1. The van der Waals surface area contributed by atoms with Crippen molar-refractivity contribution >= 4 is 17.4 Å². The van der Waals surface area contributed by atoms with Gasteiger partial charge in [0.15, 0.2) is 0 Å². The second-order valence-electron chi connectivity index (χ2n) is 5.86. The fourth-order valence-corrected chi connectivity index (χ4v) is 3.64. The van der Waals surface area contributed by atoms with Crippen molar-refractivity contribution in [3.05, 3.63) is 40.3 Å². The van der Waals surface area contributed by atoms with Gasteiger partial charge < -0.3 is 10.2 Å². The van der Waals surface area contributed by atoms with Gasteiger partial charge >= 0.3 is 6.03 Å². The molecule has 1 saturated heterocycles. The molecule has 0 radical (unpaired) electrons. The number of aryl methyl sites for hydroxylation is 1. The Hall–Kier alpha value is -1.86. The normalized spacial score (nSPS) is 17.2. The minimum Gasteiger partial charge on any atom is -0.332 e. The number of nitrogens with zero attached hydrogens (tertiary/aromatic N) is 4. The number of amides is 2. The fraction of sp³-hybridized carbons (Fsp3) is 0.500. The van der Waals surface area contributed by atoms with Gasteiger partial charge in [0, 0.05) is 45.5 Å². The number of thiophene rings is 1. The number of carbonyl (C=O) groups excluding carboxylic acids is 1. The van der Waals surface area contributed by atoms with E-state index in [9.17, 15) is 4.79 Å². The van der Waals surface area contributed by atoms with Gasteiger partial charge in [-0.3, -0.25) is 9.58 Å². The third-order valence-corrected chi connectivity index (χ3v) is 5.22. The molecule has 0 aromatic carbocycles. The van der Waals surface area contributed by atoms with E-state index in [0.29, 0.717) is 12.6 Å². The van der Waals surface area contributed by atoms with Crippen molar-refractivity contribution in [3.63, 3.8) is 0 Å². The first-order chi connectivity index (χ1) is 11.1. The van der Waals surface area contributed by atoms with Gasteiger partial charge in [0.1, 0.15) is 0 Å². The summed E-state index contributed by atoms with van der Waals surface area (Å²) in [5.41, 5.74) is 2.37. The second kappa shape index (κ2) is 7.14. The molecule has 0 spiro atoms. The van der Waals surface area contributed by atoms with E-state index in [1.54, 1.807) is 22.2 Å². The summed E-state index contributed by atoms with van der Waals surface area (Å²) in [7, 11) is 1.88. The van der Waals surface area contributed by atoms with Crippen molar-refractivity contribution in [1.29, 1.82) is 0 Å². The Bertz CT molecular complexity index is 631. The maximum atomic E-state index is 12.3. The molecular formula is C16H23N5OS. The number of nitrogens with one attached hydrogen (secondary N) is 1. The summed E-state index contributed by atoms with van der Waals surface area (Å²) in [5.74, 6) is 0. The highest BCUT2D eigenvalue weighted by Gasteiger charge is 2.24. The fourth-order valence-electron chi connectivity index (χ4n) is 2.89. The molecule has 1 atom stereocenters. The lowest BCUT2D eigenvalue weighted by molar-refractivity contribution is 0.114. The zero-order valence-corrected chi connectivity index (χ0v) is 14.4. The maximum Gasteiger partial charge on any atom is 0.317 e. The highest BCUT2D eigenvalue weighted by molar-refractivity contribution is 7.07. The van der Waals surface area contributed by atoms with Crippen LogP contribution in [0.5, 0.6) is 0 Å². The SMILES string of the molecule is C[C@@H](c1ccsc1)N1CCN(C(=O)NCc2ccnn2C)CC1. The van der Waals surface area contributed by atoms with E-state index < -0.39 is 0 Å². The Kier molecular flexibility index (Phi) is 4.97. The van der Waals surface area contributed by atoms with Gasteiger partial charge in [-0.1, -0.05) is 0 Å². The Morgan fingerprint density at radius 3 is 2.74 bits per heavy atom. The number of piperazine rings is 1. The standard InChI is InChI=1S/C16H23N5OS/c1-13(14-4-10-23-12-14)20-6-8-21(9-7-20)16(22)17-11-15-3-5-18-19(15)2/h3-5,10,12-13H,6-9,11H2,1-2H3,(H,17,22)/t13-/m0/s1. The number of urea groups is 1. The Morgan fingerprint density at radius 2 is 2.13 bits per heavy atom. The van der Waals surface area contributed by atoms with Crippen LogP contribution in [0.3, 0.4) is 0 Å². The zero-order chi connectivity index (χ0) is 16.2. The van der Waals surface area contributed by atoms with E-state index in [0.717, 1.165) is 31.9 Å². The molecule has 23 heavy (non-hydrogen) atoms. The topological polar surface area (TPSA) is 53.4 Å². The van der Waals surface area contributed by atoms with Crippen molar-refractivity contribution in [1.82, 2.24) is 24.9 Å². The van der Waals surface area contributed by atoms with E-state index in [1.807, 2.05) is 18.0 Å². The maximum absolute atomic E-state index is 12.3. The van der Waals surface area contributed by atoms with Crippen LogP contribution in [-0.2, 0) is 13.6 Å². The molecule has 6 nitrogen and oxygen atoms in total. The first kappa shape index (κ1) is 16.0. The van der Waals surface area contributed by atoms with E-state index in [2.05, 4.69) is 39.1 Å². The number of hydrogen-bond donors (Lipinski definition) is 1. The van der Waals surface area contributed by atoms with Crippen LogP contribution in [0.2, 0.25) is 0 Å². The summed E-state index contributed by atoms with van der Waals surface area (Å²) in [6.07, 6.45) is 1.74. The van der Waals surface area contributed by atoms with Gasteiger partial charge in [-0.05, 0) is 35.4 Å². The molecule has 3 heterocycles. The van der Waals surface area contributed by atoms with Crippen LogP contribution in [0.4, 0.5) is 4.79 Å². The molecule has 7 heteroatoms. The van der Waals surface area contributed by atoms with Gasteiger partial charge in [0.05, 0.1) is 12.2 Å². The van der Waals surface area contributed by atoms with Gasteiger partial charge in [0.25, 0.3) is 0 Å². The van der Waals surface area contributed by atoms with Crippen molar-refractivity contribution in [2.24, 2.45) is 7.05 Å². The number of rotatable bonds is 4. The third-order valence-electron chi connectivity index (χ3n) is 4.52. The molecule has 124 valence electrons. The van der Waals surface area contributed by atoms with Crippen LogP contribution in [-0.4, -0.2) is 51.8 Å². The Balaban J connectivity index is 1.47. The summed E-state index contributed by atoms with van der Waals surface area (Å²) in [6, 6.07) is 4.53. The molecule has 1 fully saturated rings. The number of hydrogen-bond acceptors (Lipinski definition) is 4. The first-order valence-electron chi connectivity index (χ1n) is 7.91. The largest absolute Gasteiger partial charge is 0.332 e. The van der Waals surface area contributed by atoms with Crippen LogP contribution in [0.15, 0.2) is 29.1 Å². The predicted octanol–water partition coefficient (Wildman–Crippen LogP) is 2.07. The molecule has 0 unspecified atom stereocenters. The van der Waals surface area contributed by atoms with Gasteiger partial charge in [-0.15, -0.1) is 0 Å². The van der Waals surface area contributed by atoms with Crippen LogP contribution >= 0.6 is 11.3 Å². The van der Waals surface area contributed by atoms with Crippen molar-refractivity contribution in [2.45, 2.75) is 19.5 Å². The molecule has 2 amide bonds. The molecule has 1 aliphatic heterocycles. The van der Waals surface area contributed by atoms with Crippen LogP contribution in [0.1, 0.15) is 24.2 Å². The quantitative estimate of drug-likeness (QED) is 0.932. The summed E-state index contributed by atoms with van der Waals surface area (Å²) in [5, 5.41) is 11.4. The summed E-state index contributed by atoms with van der Waals surface area (Å²) in [6.45, 7) is 6.12. The lowest BCUT2D eigenvalue weighted by Gasteiger charge is -2.37. The lowest BCUT2D eigenvalue weighted by Crippen LogP contribution is -2.52. The third kappa shape index (κ3) is 3.73. The van der Waals surface area contributed by atoms with E-state index in [-0.39, 0.29) is 6.03 Å².